The minimum atomic E-state index is -0.0135. The average molecular weight is 344 g/mol. The van der Waals surface area contributed by atoms with Gasteiger partial charge in [0.15, 0.2) is 11.8 Å². The smallest absolute Gasteiger partial charge is 0.253 e. The lowest BCUT2D eigenvalue weighted by atomic mass is 10.1. The first-order valence-corrected chi connectivity index (χ1v) is 8.11. The summed E-state index contributed by atoms with van der Waals surface area (Å²) in [6.45, 7) is 5.42. The Kier molecular flexibility index (Phi) is 6.50. The van der Waals surface area contributed by atoms with Crippen LogP contribution < -0.4 is 10.6 Å². The van der Waals surface area contributed by atoms with Crippen molar-refractivity contribution in [3.8, 4) is 0 Å². The van der Waals surface area contributed by atoms with Crippen LogP contribution in [-0.2, 0) is 13.1 Å². The van der Waals surface area contributed by atoms with Gasteiger partial charge in [-0.3, -0.25) is 4.79 Å². The summed E-state index contributed by atoms with van der Waals surface area (Å²) >= 11 is 0. The number of hydrogen-bond donors (Lipinski definition) is 2. The van der Waals surface area contributed by atoms with E-state index in [1.54, 1.807) is 25.9 Å². The molecule has 0 bridgehead atoms. The third kappa shape index (κ3) is 5.59. The highest BCUT2D eigenvalue weighted by molar-refractivity contribution is 5.93. The zero-order chi connectivity index (χ0) is 18.2. The maximum absolute atomic E-state index is 11.9. The number of nitrogens with zero attached hydrogens (tertiary/aromatic N) is 4. The Morgan fingerprint density at radius 2 is 1.96 bits per heavy atom. The highest BCUT2D eigenvalue weighted by atomic mass is 16.5. The Morgan fingerprint density at radius 1 is 1.24 bits per heavy atom. The molecule has 0 spiro atoms. The molecule has 2 rings (SSSR count). The van der Waals surface area contributed by atoms with E-state index < -0.39 is 0 Å². The summed E-state index contributed by atoms with van der Waals surface area (Å²) < 4.78 is 4.94. The number of guanidine groups is 1. The number of carbonyl (C=O) groups excluding carboxylic acids is 1. The quantitative estimate of drug-likeness (QED) is 0.606. The van der Waals surface area contributed by atoms with Gasteiger partial charge >= 0.3 is 0 Å². The summed E-state index contributed by atoms with van der Waals surface area (Å²) in [5, 5.41) is 10.2. The van der Waals surface area contributed by atoms with Gasteiger partial charge in [-0.15, -0.1) is 0 Å². The van der Waals surface area contributed by atoms with Gasteiger partial charge in [-0.05, 0) is 24.6 Å². The van der Waals surface area contributed by atoms with E-state index in [2.05, 4.69) is 25.8 Å². The molecule has 8 nitrogen and oxygen atoms in total. The van der Waals surface area contributed by atoms with Gasteiger partial charge in [0.1, 0.15) is 0 Å². The van der Waals surface area contributed by atoms with Crippen molar-refractivity contribution in [2.75, 3.05) is 20.6 Å². The van der Waals surface area contributed by atoms with Crippen molar-refractivity contribution in [2.45, 2.75) is 26.9 Å². The molecule has 0 aliphatic rings. The fourth-order valence-electron chi connectivity index (χ4n) is 2.10. The number of amides is 1. The van der Waals surface area contributed by atoms with Gasteiger partial charge in [0.05, 0.1) is 13.1 Å². The van der Waals surface area contributed by atoms with Gasteiger partial charge in [0.2, 0.25) is 5.89 Å². The van der Waals surface area contributed by atoms with Crippen molar-refractivity contribution in [1.82, 2.24) is 25.7 Å². The number of aryl methyl sites for hydroxylation is 1. The first kappa shape index (κ1) is 18.4. The summed E-state index contributed by atoms with van der Waals surface area (Å²) in [6.07, 6.45) is 0. The molecule has 0 radical (unpaired) electrons. The maximum atomic E-state index is 11.9. The SMILES string of the molecule is CCNC(=NCc1ccc(C(=O)N(C)C)cc1)NCc1noc(C)n1. The van der Waals surface area contributed by atoms with Gasteiger partial charge in [-0.1, -0.05) is 17.3 Å². The van der Waals surface area contributed by atoms with Crippen LogP contribution >= 0.6 is 0 Å². The van der Waals surface area contributed by atoms with Crippen molar-refractivity contribution in [2.24, 2.45) is 4.99 Å². The Labute approximate surface area is 147 Å². The number of hydrogen-bond acceptors (Lipinski definition) is 5. The monoisotopic (exact) mass is 344 g/mol. The second-order valence-electron chi connectivity index (χ2n) is 5.67. The zero-order valence-electron chi connectivity index (χ0n) is 15.0. The number of aromatic nitrogens is 2. The Bertz CT molecular complexity index is 721. The van der Waals surface area contributed by atoms with Crippen LogP contribution in [0.3, 0.4) is 0 Å². The van der Waals surface area contributed by atoms with E-state index in [9.17, 15) is 4.79 Å². The topological polar surface area (TPSA) is 95.7 Å². The molecule has 2 N–H and O–H groups in total. The summed E-state index contributed by atoms with van der Waals surface area (Å²) in [7, 11) is 3.47. The van der Waals surface area contributed by atoms with Crippen LogP contribution in [0.2, 0.25) is 0 Å². The van der Waals surface area contributed by atoms with Crippen LogP contribution in [0.1, 0.15) is 34.6 Å². The summed E-state index contributed by atoms with van der Waals surface area (Å²) in [4.78, 5) is 22.1. The van der Waals surface area contributed by atoms with Crippen molar-refractivity contribution >= 4 is 11.9 Å². The Hall–Kier alpha value is -2.90. The molecule has 0 saturated carbocycles. The van der Waals surface area contributed by atoms with Gasteiger partial charge in [0.25, 0.3) is 5.91 Å². The third-order valence-electron chi connectivity index (χ3n) is 3.35. The first-order chi connectivity index (χ1) is 12.0. The highest BCUT2D eigenvalue weighted by Gasteiger charge is 2.07. The minimum Gasteiger partial charge on any atom is -0.357 e. The minimum absolute atomic E-state index is 0.0135. The van der Waals surface area contributed by atoms with Crippen LogP contribution in [0.25, 0.3) is 0 Å². The molecule has 2 aromatic rings. The van der Waals surface area contributed by atoms with Crippen LogP contribution in [0, 0.1) is 6.92 Å². The number of rotatable bonds is 6. The molecule has 8 heteroatoms. The van der Waals surface area contributed by atoms with Gasteiger partial charge in [-0.2, -0.15) is 4.98 Å². The van der Waals surface area contributed by atoms with Crippen molar-refractivity contribution in [1.29, 1.82) is 0 Å². The molecular formula is C17H24N6O2. The largest absolute Gasteiger partial charge is 0.357 e. The first-order valence-electron chi connectivity index (χ1n) is 8.11. The standard InChI is InChI=1S/C17H24N6O2/c1-5-18-17(20-11-15-21-12(2)25-22-15)19-10-13-6-8-14(9-7-13)16(24)23(3)4/h6-9H,5,10-11H2,1-4H3,(H2,18,19,20). The fraction of sp³-hybridized carbons (Fsp3) is 0.412. The van der Waals surface area contributed by atoms with E-state index in [1.165, 1.54) is 0 Å². The van der Waals surface area contributed by atoms with E-state index in [0.717, 1.165) is 12.1 Å². The van der Waals surface area contributed by atoms with Gasteiger partial charge in [0, 0.05) is 33.1 Å². The van der Waals surface area contributed by atoms with Crippen LogP contribution in [0.4, 0.5) is 0 Å². The molecule has 1 aromatic carbocycles. The van der Waals surface area contributed by atoms with Gasteiger partial charge in [-0.25, -0.2) is 4.99 Å². The van der Waals surface area contributed by atoms with Crippen molar-refractivity contribution < 1.29 is 9.32 Å². The lowest BCUT2D eigenvalue weighted by molar-refractivity contribution is 0.0827. The summed E-state index contributed by atoms with van der Waals surface area (Å²) in [5.41, 5.74) is 1.68. The normalized spacial score (nSPS) is 11.3. The molecule has 0 aliphatic carbocycles. The van der Waals surface area contributed by atoms with Crippen molar-refractivity contribution in [3.63, 3.8) is 0 Å². The lowest BCUT2D eigenvalue weighted by Gasteiger charge is -2.11. The Morgan fingerprint density at radius 3 is 2.52 bits per heavy atom. The molecule has 1 amide bonds. The van der Waals surface area contributed by atoms with Crippen molar-refractivity contribution in [3.05, 3.63) is 47.1 Å². The molecule has 0 fully saturated rings. The van der Waals surface area contributed by atoms with E-state index in [1.807, 2.05) is 31.2 Å². The number of nitrogens with one attached hydrogen (secondary N) is 2. The second-order valence-corrected chi connectivity index (χ2v) is 5.67. The second kappa shape index (κ2) is 8.81. The summed E-state index contributed by atoms with van der Waals surface area (Å²) in [5.74, 6) is 1.76. The number of carbonyl (C=O) groups is 1. The lowest BCUT2D eigenvalue weighted by Crippen LogP contribution is -2.37. The molecule has 134 valence electrons. The predicted molar refractivity (Wildman–Crippen MR) is 95.1 cm³/mol. The predicted octanol–water partition coefficient (Wildman–Crippen LogP) is 1.34. The summed E-state index contributed by atoms with van der Waals surface area (Å²) in [6, 6.07) is 7.45. The highest BCUT2D eigenvalue weighted by Crippen LogP contribution is 2.07. The molecule has 0 unspecified atom stereocenters. The molecule has 1 aromatic heterocycles. The molecule has 25 heavy (non-hydrogen) atoms. The van der Waals surface area contributed by atoms with E-state index in [0.29, 0.717) is 36.3 Å². The molecule has 1 heterocycles. The fourth-order valence-corrected chi connectivity index (χ4v) is 2.10. The molecule has 0 aliphatic heterocycles. The number of benzene rings is 1. The third-order valence-corrected chi connectivity index (χ3v) is 3.35. The zero-order valence-corrected chi connectivity index (χ0v) is 15.0. The maximum Gasteiger partial charge on any atom is 0.253 e. The van der Waals surface area contributed by atoms with Crippen LogP contribution in [0.15, 0.2) is 33.8 Å². The van der Waals surface area contributed by atoms with Crippen LogP contribution in [0.5, 0.6) is 0 Å². The Balaban J connectivity index is 1.96. The van der Waals surface area contributed by atoms with Gasteiger partial charge < -0.3 is 20.1 Å². The van der Waals surface area contributed by atoms with E-state index in [4.69, 9.17) is 4.52 Å². The van der Waals surface area contributed by atoms with E-state index >= 15 is 0 Å². The van der Waals surface area contributed by atoms with E-state index in [-0.39, 0.29) is 5.91 Å². The molecule has 0 saturated heterocycles. The molecular weight excluding hydrogens is 320 g/mol. The average Bonchev–Trinajstić information content (AvgIpc) is 3.02. The van der Waals surface area contributed by atoms with Crippen LogP contribution in [-0.4, -0.2) is 47.5 Å². The number of aliphatic imine (C=N–C) groups is 1. The molecule has 0 atom stereocenters.